The monoisotopic (exact) mass is 260 g/mol. The molecule has 2 unspecified atom stereocenters. The van der Waals surface area contributed by atoms with Crippen molar-refractivity contribution in [1.29, 1.82) is 0 Å². The lowest BCUT2D eigenvalue weighted by molar-refractivity contribution is 0.131. The molecule has 1 heterocycles. The molecular weight excluding hydrogens is 232 g/mol. The van der Waals surface area contributed by atoms with Crippen molar-refractivity contribution in [3.8, 4) is 0 Å². The van der Waals surface area contributed by atoms with E-state index in [0.29, 0.717) is 17.4 Å². The van der Waals surface area contributed by atoms with Gasteiger partial charge in [-0.25, -0.2) is 0 Å². The van der Waals surface area contributed by atoms with Gasteiger partial charge in [0.25, 0.3) is 0 Å². The minimum atomic E-state index is 0.427. The molecule has 0 spiro atoms. The van der Waals surface area contributed by atoms with Gasteiger partial charge in [0.05, 0.1) is 0 Å². The third-order valence-corrected chi connectivity index (χ3v) is 4.34. The van der Waals surface area contributed by atoms with E-state index in [4.69, 9.17) is 0 Å². The summed E-state index contributed by atoms with van der Waals surface area (Å²) in [6.45, 7) is 10.5. The van der Waals surface area contributed by atoms with Crippen molar-refractivity contribution in [2.75, 3.05) is 26.7 Å². The van der Waals surface area contributed by atoms with Crippen LogP contribution in [0.4, 0.5) is 0 Å². The summed E-state index contributed by atoms with van der Waals surface area (Å²) in [6, 6.07) is 11.4. The van der Waals surface area contributed by atoms with E-state index in [-0.39, 0.29) is 0 Å². The molecule has 2 nitrogen and oxygen atoms in total. The van der Waals surface area contributed by atoms with Gasteiger partial charge in [-0.3, -0.25) is 4.90 Å². The first kappa shape index (κ1) is 14.5. The third kappa shape index (κ3) is 3.58. The summed E-state index contributed by atoms with van der Waals surface area (Å²) in [5.41, 5.74) is 1.87. The van der Waals surface area contributed by atoms with Crippen molar-refractivity contribution in [3.05, 3.63) is 35.9 Å². The number of nitrogens with zero attached hydrogens (tertiary/aromatic N) is 1. The molecule has 0 aromatic heterocycles. The van der Waals surface area contributed by atoms with Gasteiger partial charge in [0.1, 0.15) is 0 Å². The van der Waals surface area contributed by atoms with E-state index in [2.05, 4.69) is 68.4 Å². The van der Waals surface area contributed by atoms with E-state index in [1.807, 2.05) is 0 Å². The highest BCUT2D eigenvalue weighted by atomic mass is 15.1. The minimum absolute atomic E-state index is 0.427. The molecule has 0 radical (unpaired) electrons. The van der Waals surface area contributed by atoms with Gasteiger partial charge < -0.3 is 5.32 Å². The fourth-order valence-corrected chi connectivity index (χ4v) is 3.50. The molecule has 2 atom stereocenters. The van der Waals surface area contributed by atoms with E-state index in [1.54, 1.807) is 0 Å². The lowest BCUT2D eigenvalue weighted by Crippen LogP contribution is -2.38. The zero-order valence-corrected chi connectivity index (χ0v) is 12.8. The first-order chi connectivity index (χ1) is 9.02. The maximum atomic E-state index is 3.50. The van der Waals surface area contributed by atoms with Crippen LogP contribution in [0.25, 0.3) is 0 Å². The Hall–Kier alpha value is -0.860. The molecule has 0 bridgehead atoms. The van der Waals surface area contributed by atoms with E-state index in [0.717, 1.165) is 13.1 Å². The van der Waals surface area contributed by atoms with E-state index in [9.17, 15) is 0 Å². The molecule has 1 fully saturated rings. The minimum Gasteiger partial charge on any atom is -0.316 e. The highest BCUT2D eigenvalue weighted by Crippen LogP contribution is 2.32. The number of rotatable bonds is 5. The van der Waals surface area contributed by atoms with Crippen LogP contribution in [0.2, 0.25) is 0 Å². The Bertz CT molecular complexity index is 380. The predicted octanol–water partition coefficient (Wildman–Crippen LogP) is 3.32. The summed E-state index contributed by atoms with van der Waals surface area (Å²) in [5, 5.41) is 3.50. The molecule has 1 saturated heterocycles. The molecule has 2 rings (SSSR count). The summed E-state index contributed by atoms with van der Waals surface area (Å²) in [6.07, 6.45) is 1.29. The topological polar surface area (TPSA) is 15.3 Å². The Labute approximate surface area is 118 Å². The number of hydrogen-bond donors (Lipinski definition) is 1. The lowest BCUT2D eigenvalue weighted by Gasteiger charge is -2.37. The Morgan fingerprint density at radius 3 is 2.47 bits per heavy atom. The predicted molar refractivity (Wildman–Crippen MR) is 82.2 cm³/mol. The first-order valence-corrected chi connectivity index (χ1v) is 7.48. The maximum absolute atomic E-state index is 3.50. The van der Waals surface area contributed by atoms with Crippen molar-refractivity contribution in [2.24, 2.45) is 11.3 Å². The highest BCUT2D eigenvalue weighted by molar-refractivity contribution is 5.19. The second kappa shape index (κ2) is 6.06. The molecule has 1 N–H and O–H groups in total. The summed E-state index contributed by atoms with van der Waals surface area (Å²) >= 11 is 0. The average molecular weight is 260 g/mol. The van der Waals surface area contributed by atoms with Crippen molar-refractivity contribution >= 4 is 0 Å². The largest absolute Gasteiger partial charge is 0.316 e. The Kier molecular flexibility index (Phi) is 4.64. The van der Waals surface area contributed by atoms with Crippen LogP contribution in [-0.2, 0) is 0 Å². The van der Waals surface area contributed by atoms with Crippen molar-refractivity contribution in [3.63, 3.8) is 0 Å². The summed E-state index contributed by atoms with van der Waals surface area (Å²) < 4.78 is 0. The van der Waals surface area contributed by atoms with Crippen LogP contribution in [0.15, 0.2) is 30.3 Å². The zero-order valence-electron chi connectivity index (χ0n) is 12.8. The van der Waals surface area contributed by atoms with Gasteiger partial charge in [0.15, 0.2) is 0 Å². The molecule has 19 heavy (non-hydrogen) atoms. The fourth-order valence-electron chi connectivity index (χ4n) is 3.50. The standard InChI is InChI=1S/C17H28N2/c1-14(2)16(15-8-6-5-7-9-15)19(4)13-17(3)10-11-18-12-17/h5-9,14,16,18H,10-13H2,1-4H3. The zero-order chi connectivity index (χ0) is 13.9. The Morgan fingerprint density at radius 2 is 1.95 bits per heavy atom. The molecule has 0 amide bonds. The second-order valence-corrected chi connectivity index (χ2v) is 6.75. The molecule has 0 aliphatic carbocycles. The van der Waals surface area contributed by atoms with Crippen molar-refractivity contribution in [2.45, 2.75) is 33.2 Å². The van der Waals surface area contributed by atoms with Crippen LogP contribution in [0.1, 0.15) is 38.8 Å². The fraction of sp³-hybridized carbons (Fsp3) is 0.647. The summed E-state index contributed by atoms with van der Waals surface area (Å²) in [4.78, 5) is 2.55. The SMILES string of the molecule is CC(C)C(c1ccccc1)N(C)CC1(C)CCNC1. The summed E-state index contributed by atoms with van der Waals surface area (Å²) in [5.74, 6) is 0.630. The first-order valence-electron chi connectivity index (χ1n) is 7.48. The molecule has 2 heteroatoms. The average Bonchev–Trinajstić information content (AvgIpc) is 2.76. The van der Waals surface area contributed by atoms with Crippen LogP contribution < -0.4 is 5.32 Å². The second-order valence-electron chi connectivity index (χ2n) is 6.75. The number of nitrogens with one attached hydrogen (secondary N) is 1. The van der Waals surface area contributed by atoms with Gasteiger partial charge in [0.2, 0.25) is 0 Å². The van der Waals surface area contributed by atoms with Crippen LogP contribution in [0.3, 0.4) is 0 Å². The third-order valence-electron chi connectivity index (χ3n) is 4.34. The van der Waals surface area contributed by atoms with Crippen LogP contribution in [0, 0.1) is 11.3 Å². The van der Waals surface area contributed by atoms with Gasteiger partial charge in [-0.2, -0.15) is 0 Å². The van der Waals surface area contributed by atoms with E-state index >= 15 is 0 Å². The highest BCUT2D eigenvalue weighted by Gasteiger charge is 2.32. The normalized spacial score (nSPS) is 25.2. The maximum Gasteiger partial charge on any atom is 0.0368 e. The summed E-state index contributed by atoms with van der Waals surface area (Å²) in [7, 11) is 2.28. The molecule has 1 aliphatic heterocycles. The van der Waals surface area contributed by atoms with E-state index < -0.39 is 0 Å². The van der Waals surface area contributed by atoms with Crippen molar-refractivity contribution in [1.82, 2.24) is 10.2 Å². The molecular formula is C17H28N2. The van der Waals surface area contributed by atoms with Gasteiger partial charge in [-0.15, -0.1) is 0 Å². The van der Waals surface area contributed by atoms with Crippen molar-refractivity contribution < 1.29 is 0 Å². The Morgan fingerprint density at radius 1 is 1.26 bits per heavy atom. The van der Waals surface area contributed by atoms with Gasteiger partial charge in [-0.1, -0.05) is 51.1 Å². The smallest absolute Gasteiger partial charge is 0.0368 e. The number of hydrogen-bond acceptors (Lipinski definition) is 2. The molecule has 106 valence electrons. The van der Waals surface area contributed by atoms with Crippen LogP contribution in [0.5, 0.6) is 0 Å². The Balaban J connectivity index is 2.11. The lowest BCUT2D eigenvalue weighted by atomic mass is 9.87. The molecule has 1 aliphatic rings. The molecule has 1 aromatic carbocycles. The number of benzene rings is 1. The molecule has 1 aromatic rings. The molecule has 0 saturated carbocycles. The van der Waals surface area contributed by atoms with Gasteiger partial charge in [0, 0.05) is 19.1 Å². The van der Waals surface area contributed by atoms with Crippen LogP contribution >= 0.6 is 0 Å². The van der Waals surface area contributed by atoms with Crippen LogP contribution in [-0.4, -0.2) is 31.6 Å². The quantitative estimate of drug-likeness (QED) is 0.873. The van der Waals surface area contributed by atoms with Gasteiger partial charge >= 0.3 is 0 Å². The van der Waals surface area contributed by atoms with E-state index in [1.165, 1.54) is 18.5 Å². The van der Waals surface area contributed by atoms with Gasteiger partial charge in [-0.05, 0) is 36.9 Å².